The van der Waals surface area contributed by atoms with Crippen molar-refractivity contribution < 1.29 is 14.0 Å². The molecule has 0 aliphatic rings. The third kappa shape index (κ3) is 4.24. The van der Waals surface area contributed by atoms with E-state index in [2.05, 4.69) is 25.3 Å². The first-order valence-electron chi connectivity index (χ1n) is 8.83. The predicted molar refractivity (Wildman–Crippen MR) is 109 cm³/mol. The molecule has 0 atom stereocenters. The smallest absolute Gasteiger partial charge is 0.237 e. The maximum absolute atomic E-state index is 5.40. The van der Waals surface area contributed by atoms with E-state index >= 15 is 0 Å². The van der Waals surface area contributed by atoms with Crippen LogP contribution < -0.4 is 9.47 Å². The van der Waals surface area contributed by atoms with Crippen LogP contribution in [0.5, 0.6) is 11.5 Å². The van der Waals surface area contributed by atoms with E-state index in [0.717, 1.165) is 17.0 Å². The Hall–Kier alpha value is -3.33. The Bertz CT molecular complexity index is 1110. The summed E-state index contributed by atoms with van der Waals surface area (Å²) in [5.74, 6) is 3.41. The molecule has 29 heavy (non-hydrogen) atoms. The fraction of sp³-hybridized carbons (Fsp3) is 0.200. The number of benzene rings is 2. The molecule has 1 N–H and O–H groups in total. The predicted octanol–water partition coefficient (Wildman–Crippen LogP) is 4.14. The Morgan fingerprint density at radius 3 is 2.62 bits per heavy atom. The quantitative estimate of drug-likeness (QED) is 0.455. The Balaban J connectivity index is 1.45. The summed E-state index contributed by atoms with van der Waals surface area (Å²) < 4.78 is 16.0. The molecular weight excluding hydrogens is 390 g/mol. The molecule has 0 saturated heterocycles. The number of aromatic amines is 1. The van der Waals surface area contributed by atoms with Crippen molar-refractivity contribution in [2.75, 3.05) is 14.2 Å². The average molecular weight is 409 g/mol. The first-order valence-corrected chi connectivity index (χ1v) is 9.82. The first kappa shape index (κ1) is 19.0. The zero-order valence-electron chi connectivity index (χ0n) is 16.2. The summed E-state index contributed by atoms with van der Waals surface area (Å²) in [6, 6.07) is 13.5. The highest BCUT2D eigenvalue weighted by Gasteiger charge is 2.15. The summed E-state index contributed by atoms with van der Waals surface area (Å²) in [5.41, 5.74) is 2.91. The van der Waals surface area contributed by atoms with Gasteiger partial charge < -0.3 is 14.0 Å². The van der Waals surface area contributed by atoms with E-state index in [0.29, 0.717) is 34.1 Å². The van der Waals surface area contributed by atoms with Gasteiger partial charge in [-0.15, -0.1) is 5.10 Å². The normalized spacial score (nSPS) is 10.9. The molecule has 0 saturated carbocycles. The van der Waals surface area contributed by atoms with Gasteiger partial charge in [-0.2, -0.15) is 4.98 Å². The van der Waals surface area contributed by atoms with Crippen LogP contribution in [0.4, 0.5) is 0 Å². The summed E-state index contributed by atoms with van der Waals surface area (Å²) in [5, 5.41) is 11.9. The fourth-order valence-electron chi connectivity index (χ4n) is 2.68. The van der Waals surface area contributed by atoms with Crippen molar-refractivity contribution in [3.63, 3.8) is 0 Å². The Morgan fingerprint density at radius 2 is 1.86 bits per heavy atom. The van der Waals surface area contributed by atoms with E-state index in [9.17, 15) is 0 Å². The molecule has 148 valence electrons. The number of aromatic nitrogens is 5. The van der Waals surface area contributed by atoms with Gasteiger partial charge in [-0.1, -0.05) is 46.7 Å². The minimum atomic E-state index is 0.454. The van der Waals surface area contributed by atoms with Crippen LogP contribution in [0.3, 0.4) is 0 Å². The SMILES string of the molecule is COc1ccc(-c2noc(CSc3n[nH]c(-c4ccc(C)cc4)n3)n2)c(OC)c1. The summed E-state index contributed by atoms with van der Waals surface area (Å²) >= 11 is 1.42. The van der Waals surface area contributed by atoms with Crippen molar-refractivity contribution in [3.8, 4) is 34.3 Å². The highest BCUT2D eigenvalue weighted by Crippen LogP contribution is 2.32. The van der Waals surface area contributed by atoms with Crippen LogP contribution in [0, 0.1) is 6.92 Å². The molecule has 2 heterocycles. The van der Waals surface area contributed by atoms with Gasteiger partial charge in [-0.05, 0) is 19.1 Å². The summed E-state index contributed by atoms with van der Waals surface area (Å²) in [6.45, 7) is 2.05. The molecule has 4 rings (SSSR count). The third-order valence-corrected chi connectivity index (χ3v) is 5.06. The molecule has 4 aromatic rings. The highest BCUT2D eigenvalue weighted by atomic mass is 32.2. The van der Waals surface area contributed by atoms with E-state index in [1.54, 1.807) is 20.3 Å². The fourth-order valence-corrected chi connectivity index (χ4v) is 3.32. The lowest BCUT2D eigenvalue weighted by molar-refractivity contribution is 0.388. The Labute approximate surface area is 171 Å². The number of thioether (sulfide) groups is 1. The second-order valence-corrected chi connectivity index (χ2v) is 7.14. The van der Waals surface area contributed by atoms with Crippen LogP contribution in [-0.2, 0) is 5.75 Å². The van der Waals surface area contributed by atoms with Gasteiger partial charge in [0.2, 0.25) is 16.9 Å². The number of methoxy groups -OCH3 is 2. The van der Waals surface area contributed by atoms with Crippen LogP contribution in [-0.4, -0.2) is 39.5 Å². The first-order chi connectivity index (χ1) is 14.2. The largest absolute Gasteiger partial charge is 0.497 e. The van der Waals surface area contributed by atoms with Crippen LogP contribution in [0.1, 0.15) is 11.5 Å². The number of hydrogen-bond acceptors (Lipinski definition) is 8. The van der Waals surface area contributed by atoms with Gasteiger partial charge in [0.1, 0.15) is 11.5 Å². The molecular formula is C20H19N5O3S. The van der Waals surface area contributed by atoms with Crippen molar-refractivity contribution in [3.05, 3.63) is 53.9 Å². The molecule has 8 nitrogen and oxygen atoms in total. The van der Waals surface area contributed by atoms with E-state index in [1.165, 1.54) is 17.3 Å². The van der Waals surface area contributed by atoms with Crippen molar-refractivity contribution >= 4 is 11.8 Å². The molecule has 0 radical (unpaired) electrons. The Kier molecular flexibility index (Phi) is 5.48. The zero-order chi connectivity index (χ0) is 20.2. The number of nitrogens with one attached hydrogen (secondary N) is 1. The van der Waals surface area contributed by atoms with Crippen LogP contribution in [0.25, 0.3) is 22.8 Å². The molecule has 0 fully saturated rings. The van der Waals surface area contributed by atoms with E-state index in [4.69, 9.17) is 14.0 Å². The van der Waals surface area contributed by atoms with Crippen LogP contribution in [0.15, 0.2) is 52.1 Å². The van der Waals surface area contributed by atoms with Gasteiger partial charge in [0.05, 0.1) is 25.5 Å². The lowest BCUT2D eigenvalue weighted by atomic mass is 10.1. The average Bonchev–Trinajstić information content (AvgIpc) is 3.42. The van der Waals surface area contributed by atoms with Crippen molar-refractivity contribution in [2.45, 2.75) is 17.8 Å². The van der Waals surface area contributed by atoms with Gasteiger partial charge in [0, 0.05) is 11.6 Å². The number of rotatable bonds is 7. The monoisotopic (exact) mass is 409 g/mol. The van der Waals surface area contributed by atoms with Crippen molar-refractivity contribution in [2.24, 2.45) is 0 Å². The van der Waals surface area contributed by atoms with Gasteiger partial charge in [-0.25, -0.2) is 4.98 Å². The molecule has 0 bridgehead atoms. The van der Waals surface area contributed by atoms with Gasteiger partial charge in [0.15, 0.2) is 5.82 Å². The third-order valence-electron chi connectivity index (χ3n) is 4.23. The molecule has 2 aromatic carbocycles. The molecule has 0 aliphatic carbocycles. The minimum absolute atomic E-state index is 0.454. The molecule has 0 aliphatic heterocycles. The van der Waals surface area contributed by atoms with Crippen molar-refractivity contribution in [1.82, 2.24) is 25.3 Å². The minimum Gasteiger partial charge on any atom is -0.497 e. The number of hydrogen-bond donors (Lipinski definition) is 1. The number of nitrogens with zero attached hydrogens (tertiary/aromatic N) is 4. The molecule has 2 aromatic heterocycles. The van der Waals surface area contributed by atoms with E-state index < -0.39 is 0 Å². The summed E-state index contributed by atoms with van der Waals surface area (Å²) in [7, 11) is 3.19. The molecule has 0 unspecified atom stereocenters. The van der Waals surface area contributed by atoms with Crippen molar-refractivity contribution in [1.29, 1.82) is 0 Å². The second kappa shape index (κ2) is 8.36. The van der Waals surface area contributed by atoms with Gasteiger partial charge in [-0.3, -0.25) is 5.10 Å². The lowest BCUT2D eigenvalue weighted by Gasteiger charge is -2.07. The Morgan fingerprint density at radius 1 is 1.03 bits per heavy atom. The summed E-state index contributed by atoms with van der Waals surface area (Å²) in [6.07, 6.45) is 0. The van der Waals surface area contributed by atoms with Gasteiger partial charge >= 0.3 is 0 Å². The zero-order valence-corrected chi connectivity index (χ0v) is 17.0. The molecule has 0 amide bonds. The maximum atomic E-state index is 5.40. The number of ether oxygens (including phenoxy) is 2. The lowest BCUT2D eigenvalue weighted by Crippen LogP contribution is -1.91. The topological polar surface area (TPSA) is 99.0 Å². The maximum Gasteiger partial charge on any atom is 0.237 e. The molecule has 0 spiro atoms. The number of H-pyrrole nitrogens is 1. The second-order valence-electron chi connectivity index (χ2n) is 6.20. The number of aryl methyl sites for hydroxylation is 1. The van der Waals surface area contributed by atoms with Gasteiger partial charge in [0.25, 0.3) is 0 Å². The summed E-state index contributed by atoms with van der Waals surface area (Å²) in [4.78, 5) is 8.96. The van der Waals surface area contributed by atoms with E-state index in [-0.39, 0.29) is 0 Å². The van der Waals surface area contributed by atoms with E-state index in [1.807, 2.05) is 43.3 Å². The van der Waals surface area contributed by atoms with Crippen LogP contribution in [0.2, 0.25) is 0 Å². The van der Waals surface area contributed by atoms with Crippen LogP contribution >= 0.6 is 11.8 Å². The molecule has 9 heteroatoms. The standard InChI is InChI=1S/C20H19N5O3S/c1-12-4-6-13(7-5-12)18-22-20(24-23-18)29-11-17-21-19(25-28-17)15-9-8-14(26-2)10-16(15)27-3/h4-10H,11H2,1-3H3,(H,22,23,24). The highest BCUT2D eigenvalue weighted by molar-refractivity contribution is 7.98.